The molecule has 0 N–H and O–H groups in total. The van der Waals surface area contributed by atoms with Crippen LogP contribution in [0.1, 0.15) is 265 Å². The Bertz CT molecular complexity index is 895. The second-order valence-corrected chi connectivity index (χ2v) is 17.7. The predicted octanol–water partition coefficient (Wildman–Crippen LogP) is 14.4. The second-order valence-electron chi connectivity index (χ2n) is 17.7. The van der Waals surface area contributed by atoms with Gasteiger partial charge in [-0.1, -0.05) is 207 Å². The molecule has 3 aliphatic rings. The molecule has 0 spiro atoms. The van der Waals surface area contributed by atoms with E-state index in [9.17, 15) is 14.4 Å². The molecule has 56 heavy (non-hydrogen) atoms. The Hall–Kier alpha value is -1.59. The summed E-state index contributed by atoms with van der Waals surface area (Å²) < 4.78 is 0. The third-order valence-electron chi connectivity index (χ3n) is 12.4. The van der Waals surface area contributed by atoms with E-state index in [-0.39, 0.29) is 0 Å². The zero-order valence-corrected chi connectivity index (χ0v) is 38.2. The van der Waals surface area contributed by atoms with Crippen molar-refractivity contribution in [3.05, 3.63) is 0 Å². The van der Waals surface area contributed by atoms with Crippen LogP contribution in [0.3, 0.4) is 0 Å². The first-order chi connectivity index (χ1) is 27.5. The Morgan fingerprint density at radius 3 is 0.625 bits per heavy atom. The molecule has 0 saturated carbocycles. The van der Waals surface area contributed by atoms with Crippen molar-refractivity contribution in [1.82, 2.24) is 14.7 Å². The summed E-state index contributed by atoms with van der Waals surface area (Å²) in [6.45, 7) is 12.9. The van der Waals surface area contributed by atoms with E-state index in [4.69, 9.17) is 0 Å². The third-order valence-corrected chi connectivity index (χ3v) is 12.4. The molecular formula is C50H97N3O3. The Balaban J connectivity index is 0.000000436. The highest BCUT2D eigenvalue weighted by atomic mass is 16.2. The van der Waals surface area contributed by atoms with Crippen LogP contribution in [-0.2, 0) is 14.4 Å². The van der Waals surface area contributed by atoms with Crippen molar-refractivity contribution >= 4 is 17.7 Å². The largest absolute Gasteiger partial charge is 0.343 e. The molecule has 3 heterocycles. The summed E-state index contributed by atoms with van der Waals surface area (Å²) in [5, 5.41) is 0. The van der Waals surface area contributed by atoms with E-state index in [2.05, 4.69) is 25.7 Å². The zero-order valence-electron chi connectivity index (χ0n) is 38.2. The first-order valence-electron chi connectivity index (χ1n) is 25.4. The van der Waals surface area contributed by atoms with Gasteiger partial charge in [0.05, 0.1) is 0 Å². The molecular weight excluding hydrogens is 691 g/mol. The van der Waals surface area contributed by atoms with Crippen LogP contribution in [0.15, 0.2) is 0 Å². The highest BCUT2D eigenvalue weighted by Gasteiger charge is 2.20. The lowest BCUT2D eigenvalue weighted by molar-refractivity contribution is -0.128. The molecule has 3 saturated heterocycles. The number of hydrogen-bond acceptors (Lipinski definition) is 3. The van der Waals surface area contributed by atoms with Crippen molar-refractivity contribution in [1.29, 1.82) is 0 Å². The highest BCUT2D eigenvalue weighted by Crippen LogP contribution is 2.17. The second kappa shape index (κ2) is 40.2. The summed E-state index contributed by atoms with van der Waals surface area (Å²) in [6, 6.07) is 0. The van der Waals surface area contributed by atoms with E-state index in [0.717, 1.165) is 77.8 Å². The summed E-state index contributed by atoms with van der Waals surface area (Å²) in [5.41, 5.74) is 0. The van der Waals surface area contributed by atoms with Gasteiger partial charge < -0.3 is 14.7 Å². The van der Waals surface area contributed by atoms with Crippen LogP contribution in [0, 0.1) is 0 Å². The Kier molecular flexibility index (Phi) is 37.6. The van der Waals surface area contributed by atoms with E-state index < -0.39 is 0 Å². The van der Waals surface area contributed by atoms with Gasteiger partial charge in [-0.15, -0.1) is 0 Å². The smallest absolute Gasteiger partial charge is 0.222 e. The van der Waals surface area contributed by atoms with Crippen LogP contribution in [0.4, 0.5) is 0 Å². The van der Waals surface area contributed by atoms with Gasteiger partial charge in [0.15, 0.2) is 0 Å². The molecule has 3 fully saturated rings. The number of nitrogens with zero attached hydrogens (tertiary/aromatic N) is 3. The standard InChI is InChI=1S/C22H43NO.C16H31NO.C12H23NO/c1-2-3-4-5-6-7-8-9-10-11-12-13-14-15-16-17-20-23-21-18-19-22(23)24;1-2-3-4-5-6-7-8-9-10-11-14-17-15-12-13-16(17)18;1-2-3-4-5-6-7-10-13-11-8-9-12(13)14/h2-21H2,1H3;2-15H2,1H3;2-11H2,1H3. The summed E-state index contributed by atoms with van der Waals surface area (Å²) in [5.74, 6) is 1.14. The lowest BCUT2D eigenvalue weighted by atomic mass is 10.0. The van der Waals surface area contributed by atoms with Gasteiger partial charge in [-0.25, -0.2) is 0 Å². The maximum Gasteiger partial charge on any atom is 0.222 e. The van der Waals surface area contributed by atoms with Crippen molar-refractivity contribution in [3.8, 4) is 0 Å². The summed E-state index contributed by atoms with van der Waals surface area (Å²) >= 11 is 0. The van der Waals surface area contributed by atoms with Gasteiger partial charge in [-0.05, 0) is 38.5 Å². The molecule has 3 rings (SSSR count). The maximum atomic E-state index is 11.5. The van der Waals surface area contributed by atoms with Crippen molar-refractivity contribution in [2.24, 2.45) is 0 Å². The number of unbranched alkanes of at least 4 members (excludes halogenated alkanes) is 29. The molecule has 0 aromatic heterocycles. The van der Waals surface area contributed by atoms with Crippen LogP contribution in [0.5, 0.6) is 0 Å². The zero-order chi connectivity index (χ0) is 40.6. The molecule has 0 aliphatic carbocycles. The maximum absolute atomic E-state index is 11.5. The average Bonchev–Trinajstić information content (AvgIpc) is 3.94. The molecule has 0 atom stereocenters. The molecule has 6 heteroatoms. The lowest BCUT2D eigenvalue weighted by Gasteiger charge is -2.14. The fourth-order valence-corrected chi connectivity index (χ4v) is 8.55. The minimum Gasteiger partial charge on any atom is -0.343 e. The number of carbonyl (C=O) groups is 3. The van der Waals surface area contributed by atoms with E-state index in [1.54, 1.807) is 0 Å². The van der Waals surface area contributed by atoms with Crippen LogP contribution in [-0.4, -0.2) is 71.7 Å². The number of likely N-dealkylation sites (tertiary alicyclic amines) is 3. The minimum atomic E-state index is 0.374. The van der Waals surface area contributed by atoms with E-state index >= 15 is 0 Å². The molecule has 0 bridgehead atoms. The van der Waals surface area contributed by atoms with Gasteiger partial charge in [0.1, 0.15) is 0 Å². The fourth-order valence-electron chi connectivity index (χ4n) is 8.55. The minimum absolute atomic E-state index is 0.374. The molecule has 330 valence electrons. The van der Waals surface area contributed by atoms with Gasteiger partial charge in [0.2, 0.25) is 17.7 Å². The predicted molar refractivity (Wildman–Crippen MR) is 242 cm³/mol. The summed E-state index contributed by atoms with van der Waals surface area (Å²) in [6.07, 6.45) is 49.7. The number of carbonyl (C=O) groups excluding carboxylic acids is 3. The highest BCUT2D eigenvalue weighted by molar-refractivity contribution is 5.78. The van der Waals surface area contributed by atoms with Crippen LogP contribution in [0.2, 0.25) is 0 Å². The SMILES string of the molecule is CCCCCCCCCCCCCCCCCCN1CCCC1=O.CCCCCCCCCCCCN1CCCC1=O.CCCCCCCCN1CCCC1=O. The van der Waals surface area contributed by atoms with Crippen molar-refractivity contribution < 1.29 is 14.4 Å². The molecule has 6 nitrogen and oxygen atoms in total. The Morgan fingerprint density at radius 1 is 0.286 bits per heavy atom. The first kappa shape index (κ1) is 52.4. The van der Waals surface area contributed by atoms with Gasteiger partial charge in [-0.2, -0.15) is 0 Å². The molecule has 3 aliphatic heterocycles. The molecule has 0 aromatic rings. The molecule has 3 amide bonds. The van der Waals surface area contributed by atoms with Crippen LogP contribution in [0.25, 0.3) is 0 Å². The summed E-state index contributed by atoms with van der Waals surface area (Å²) in [7, 11) is 0. The molecule has 0 aromatic carbocycles. The average molecular weight is 788 g/mol. The van der Waals surface area contributed by atoms with Crippen molar-refractivity contribution in [3.63, 3.8) is 0 Å². The normalized spacial score (nSPS) is 15.5. The Morgan fingerprint density at radius 2 is 0.464 bits per heavy atom. The Labute approximate surface area is 349 Å². The van der Waals surface area contributed by atoms with Crippen LogP contribution >= 0.6 is 0 Å². The topological polar surface area (TPSA) is 60.9 Å². The monoisotopic (exact) mass is 788 g/mol. The quantitative estimate of drug-likeness (QED) is 0.0601. The van der Waals surface area contributed by atoms with Gasteiger partial charge in [0.25, 0.3) is 0 Å². The van der Waals surface area contributed by atoms with E-state index in [0.29, 0.717) is 17.7 Å². The molecule has 0 radical (unpaired) electrons. The van der Waals surface area contributed by atoms with Crippen molar-refractivity contribution in [2.45, 2.75) is 265 Å². The van der Waals surface area contributed by atoms with Crippen molar-refractivity contribution in [2.75, 3.05) is 39.3 Å². The third kappa shape index (κ3) is 31.4. The van der Waals surface area contributed by atoms with Crippen LogP contribution < -0.4 is 0 Å². The molecule has 0 unspecified atom stereocenters. The van der Waals surface area contributed by atoms with Gasteiger partial charge >= 0.3 is 0 Å². The van der Waals surface area contributed by atoms with E-state index in [1.165, 1.54) is 205 Å². The number of rotatable bonds is 35. The lowest BCUT2D eigenvalue weighted by Crippen LogP contribution is -2.25. The van der Waals surface area contributed by atoms with Gasteiger partial charge in [0, 0.05) is 58.5 Å². The first-order valence-corrected chi connectivity index (χ1v) is 25.4. The van der Waals surface area contributed by atoms with E-state index in [1.807, 2.05) is 9.80 Å². The number of hydrogen-bond donors (Lipinski definition) is 0. The van der Waals surface area contributed by atoms with Gasteiger partial charge in [-0.3, -0.25) is 14.4 Å². The number of amides is 3. The fraction of sp³-hybridized carbons (Fsp3) is 0.940. The summed E-state index contributed by atoms with van der Waals surface area (Å²) in [4.78, 5) is 40.3.